The minimum Gasteiger partial charge on any atom is -0.341 e. The van der Waals surface area contributed by atoms with Gasteiger partial charge in [-0.05, 0) is 24.6 Å². The first-order chi connectivity index (χ1) is 9.16. The van der Waals surface area contributed by atoms with Crippen LogP contribution >= 0.6 is 0 Å². The predicted molar refractivity (Wildman–Crippen MR) is 74.2 cm³/mol. The molecule has 1 aliphatic rings. The van der Waals surface area contributed by atoms with E-state index in [1.54, 1.807) is 11.1 Å². The van der Waals surface area contributed by atoms with E-state index in [2.05, 4.69) is 36.2 Å². The van der Waals surface area contributed by atoms with E-state index in [4.69, 9.17) is 0 Å². The van der Waals surface area contributed by atoms with Gasteiger partial charge < -0.3 is 4.90 Å². The number of amides is 1. The molecule has 0 spiro atoms. The number of aryl methyl sites for hydroxylation is 1. The highest BCUT2D eigenvalue weighted by molar-refractivity contribution is 5.96. The number of hydrogen-bond donors (Lipinski definition) is 0. The second-order valence-electron chi connectivity index (χ2n) is 5.09. The smallest absolute Gasteiger partial charge is 0.255 e. The Morgan fingerprint density at radius 1 is 1.26 bits per heavy atom. The third kappa shape index (κ3) is 2.01. The van der Waals surface area contributed by atoms with Crippen molar-refractivity contribution in [2.24, 2.45) is 0 Å². The summed E-state index contributed by atoms with van der Waals surface area (Å²) in [5.41, 5.74) is 4.08. The number of benzene rings is 1. The van der Waals surface area contributed by atoms with Crippen LogP contribution in [0.2, 0.25) is 0 Å². The number of aromatic nitrogens is 1. The molecule has 0 bridgehead atoms. The lowest BCUT2D eigenvalue weighted by atomic mass is 9.88. The number of carbonyl (C=O) groups excluding carboxylic acids is 1. The average molecular weight is 252 g/mol. The summed E-state index contributed by atoms with van der Waals surface area (Å²) >= 11 is 0. The Balaban J connectivity index is 2.13. The molecule has 1 amide bonds. The van der Waals surface area contributed by atoms with Crippen LogP contribution in [0, 0.1) is 6.92 Å². The Bertz CT molecular complexity index is 636. The maximum absolute atomic E-state index is 12.1. The van der Waals surface area contributed by atoms with Crippen molar-refractivity contribution in [3.63, 3.8) is 0 Å². The molecule has 3 rings (SSSR count). The molecule has 0 N–H and O–H groups in total. The second-order valence-corrected chi connectivity index (χ2v) is 5.09. The number of nitrogens with zero attached hydrogens (tertiary/aromatic N) is 2. The Morgan fingerprint density at radius 3 is 2.89 bits per heavy atom. The Labute approximate surface area is 112 Å². The summed E-state index contributed by atoms with van der Waals surface area (Å²) in [6, 6.07) is 12.1. The quantitative estimate of drug-likeness (QED) is 0.781. The van der Waals surface area contributed by atoms with Crippen molar-refractivity contribution in [1.29, 1.82) is 0 Å². The zero-order valence-electron chi connectivity index (χ0n) is 11.1. The molecule has 1 atom stereocenters. The van der Waals surface area contributed by atoms with E-state index < -0.39 is 0 Å². The van der Waals surface area contributed by atoms with Gasteiger partial charge in [0.15, 0.2) is 0 Å². The van der Waals surface area contributed by atoms with E-state index in [0.717, 1.165) is 11.3 Å². The maximum atomic E-state index is 12.1. The van der Waals surface area contributed by atoms with Gasteiger partial charge in [-0.2, -0.15) is 0 Å². The molecule has 1 aromatic heterocycles. The van der Waals surface area contributed by atoms with Gasteiger partial charge in [0.1, 0.15) is 0 Å². The van der Waals surface area contributed by atoms with Crippen LogP contribution in [-0.2, 0) is 0 Å². The van der Waals surface area contributed by atoms with Gasteiger partial charge in [-0.15, -0.1) is 0 Å². The van der Waals surface area contributed by atoms with Crippen LogP contribution in [0.4, 0.5) is 0 Å². The van der Waals surface area contributed by atoms with E-state index in [1.165, 1.54) is 11.1 Å². The van der Waals surface area contributed by atoms with Gasteiger partial charge >= 0.3 is 0 Å². The molecule has 0 aliphatic carbocycles. The van der Waals surface area contributed by atoms with Crippen molar-refractivity contribution in [2.45, 2.75) is 12.8 Å². The first-order valence-electron chi connectivity index (χ1n) is 6.44. The van der Waals surface area contributed by atoms with Gasteiger partial charge in [-0.1, -0.05) is 29.8 Å². The lowest BCUT2D eigenvalue weighted by Gasteiger charge is -2.31. The summed E-state index contributed by atoms with van der Waals surface area (Å²) in [6.07, 6.45) is 1.76. The number of fused-ring (bicyclic) bond motifs is 1. The third-order valence-corrected chi connectivity index (χ3v) is 3.65. The molecule has 2 aromatic rings. The van der Waals surface area contributed by atoms with E-state index in [1.807, 2.05) is 19.2 Å². The summed E-state index contributed by atoms with van der Waals surface area (Å²) in [6.45, 7) is 2.77. The summed E-state index contributed by atoms with van der Waals surface area (Å²) < 4.78 is 0. The van der Waals surface area contributed by atoms with Crippen molar-refractivity contribution in [2.75, 3.05) is 13.6 Å². The molecule has 96 valence electrons. The highest BCUT2D eigenvalue weighted by Crippen LogP contribution is 2.31. The van der Waals surface area contributed by atoms with E-state index in [9.17, 15) is 4.79 Å². The summed E-state index contributed by atoms with van der Waals surface area (Å²) in [5.74, 6) is 0.228. The SMILES string of the molecule is Cc1cccc(C2CN(C)C(=O)c3cccnc32)c1. The molecule has 1 aliphatic heterocycles. The van der Waals surface area contributed by atoms with Crippen LogP contribution in [0.15, 0.2) is 42.6 Å². The fourth-order valence-electron chi connectivity index (χ4n) is 2.68. The van der Waals surface area contributed by atoms with E-state index in [-0.39, 0.29) is 11.8 Å². The fourth-order valence-corrected chi connectivity index (χ4v) is 2.68. The zero-order chi connectivity index (χ0) is 13.4. The Kier molecular flexibility index (Phi) is 2.82. The minimum absolute atomic E-state index is 0.0620. The molecule has 0 saturated carbocycles. The summed E-state index contributed by atoms with van der Waals surface area (Å²) in [7, 11) is 1.85. The average Bonchev–Trinajstić information content (AvgIpc) is 2.43. The van der Waals surface area contributed by atoms with Crippen LogP contribution in [0.5, 0.6) is 0 Å². The third-order valence-electron chi connectivity index (χ3n) is 3.65. The molecule has 19 heavy (non-hydrogen) atoms. The maximum Gasteiger partial charge on any atom is 0.255 e. The zero-order valence-corrected chi connectivity index (χ0v) is 11.1. The Hall–Kier alpha value is -2.16. The molecule has 2 heterocycles. The van der Waals surface area contributed by atoms with Crippen molar-refractivity contribution in [1.82, 2.24) is 9.88 Å². The van der Waals surface area contributed by atoms with Crippen molar-refractivity contribution >= 4 is 5.91 Å². The molecule has 0 saturated heterocycles. The van der Waals surface area contributed by atoms with Crippen molar-refractivity contribution in [3.8, 4) is 0 Å². The molecule has 0 fully saturated rings. The monoisotopic (exact) mass is 252 g/mol. The van der Waals surface area contributed by atoms with Gasteiger partial charge in [0, 0.05) is 25.7 Å². The van der Waals surface area contributed by atoms with E-state index >= 15 is 0 Å². The van der Waals surface area contributed by atoms with Crippen LogP contribution in [-0.4, -0.2) is 29.4 Å². The molecule has 1 unspecified atom stereocenters. The van der Waals surface area contributed by atoms with Crippen molar-refractivity contribution < 1.29 is 4.79 Å². The first-order valence-corrected chi connectivity index (χ1v) is 6.44. The molecular formula is C16H16N2O. The lowest BCUT2D eigenvalue weighted by Crippen LogP contribution is -2.37. The molecule has 1 aromatic carbocycles. The molecule has 0 radical (unpaired) electrons. The standard InChI is InChI=1S/C16H16N2O/c1-11-5-3-6-12(9-11)14-10-18(2)16(19)13-7-4-8-17-15(13)14/h3-9,14H,10H2,1-2H3. The Morgan fingerprint density at radius 2 is 2.11 bits per heavy atom. The molecule has 3 nitrogen and oxygen atoms in total. The van der Waals surface area contributed by atoms with Gasteiger partial charge in [0.2, 0.25) is 0 Å². The second kappa shape index (κ2) is 4.50. The topological polar surface area (TPSA) is 33.2 Å². The largest absolute Gasteiger partial charge is 0.341 e. The highest BCUT2D eigenvalue weighted by Gasteiger charge is 2.31. The summed E-state index contributed by atoms with van der Waals surface area (Å²) in [5, 5.41) is 0. The van der Waals surface area contributed by atoms with Gasteiger partial charge in [0.25, 0.3) is 5.91 Å². The van der Waals surface area contributed by atoms with Crippen LogP contribution in [0.25, 0.3) is 0 Å². The number of likely N-dealkylation sites (N-methyl/N-ethyl adjacent to an activating group) is 1. The van der Waals surface area contributed by atoms with Gasteiger partial charge in [-0.3, -0.25) is 9.78 Å². The van der Waals surface area contributed by atoms with Crippen LogP contribution in [0.1, 0.15) is 33.1 Å². The number of hydrogen-bond acceptors (Lipinski definition) is 2. The lowest BCUT2D eigenvalue weighted by molar-refractivity contribution is 0.0770. The van der Waals surface area contributed by atoms with Gasteiger partial charge in [0.05, 0.1) is 11.3 Å². The van der Waals surface area contributed by atoms with E-state index in [0.29, 0.717) is 6.54 Å². The first kappa shape index (κ1) is 11.9. The van der Waals surface area contributed by atoms with Crippen LogP contribution < -0.4 is 0 Å². The highest BCUT2D eigenvalue weighted by atomic mass is 16.2. The predicted octanol–water partition coefficient (Wildman–Crippen LogP) is 2.61. The fraction of sp³-hybridized carbons (Fsp3) is 0.250. The summed E-state index contributed by atoms with van der Waals surface area (Å²) in [4.78, 5) is 18.4. The number of rotatable bonds is 1. The minimum atomic E-state index is 0.0620. The molecule has 3 heteroatoms. The van der Waals surface area contributed by atoms with Crippen LogP contribution in [0.3, 0.4) is 0 Å². The normalized spacial score (nSPS) is 18.3. The number of pyridine rings is 1. The van der Waals surface area contributed by atoms with Crippen molar-refractivity contribution in [3.05, 3.63) is 65.0 Å². The molecular weight excluding hydrogens is 236 g/mol. The van der Waals surface area contributed by atoms with Gasteiger partial charge in [-0.25, -0.2) is 0 Å². The number of carbonyl (C=O) groups is 1.